The number of nitrogens with zero attached hydrogens (tertiary/aromatic N) is 1. The summed E-state index contributed by atoms with van der Waals surface area (Å²) < 4.78 is 37.2. The molecule has 1 aliphatic heterocycles. The number of carbonyl (C=O) groups is 2. The molecule has 2 heterocycles. The Morgan fingerprint density at radius 2 is 1.93 bits per heavy atom. The first-order valence-electron chi connectivity index (χ1n) is 9.97. The molecular formula is C19H31N3O6S. The Bertz CT molecular complexity index is 812. The summed E-state index contributed by atoms with van der Waals surface area (Å²) in [5, 5.41) is 5.43. The Kier molecular flexibility index (Phi) is 8.09. The quantitative estimate of drug-likeness (QED) is 0.622. The van der Waals surface area contributed by atoms with E-state index < -0.39 is 22.0 Å². The van der Waals surface area contributed by atoms with Gasteiger partial charge in [-0.3, -0.25) is 4.79 Å². The second kappa shape index (κ2) is 10.1. The lowest BCUT2D eigenvalue weighted by atomic mass is 10.0. The summed E-state index contributed by atoms with van der Waals surface area (Å²) in [6.07, 6.45) is 1.76. The first kappa shape index (κ1) is 23.2. The predicted octanol–water partition coefficient (Wildman–Crippen LogP) is 2.26. The molecule has 1 aromatic rings. The van der Waals surface area contributed by atoms with E-state index >= 15 is 0 Å². The van der Waals surface area contributed by atoms with Crippen molar-refractivity contribution in [3.63, 3.8) is 0 Å². The molecule has 2 amide bonds. The summed E-state index contributed by atoms with van der Waals surface area (Å²) in [6, 6.07) is 0.955. The average Bonchev–Trinajstić information content (AvgIpc) is 3.29. The van der Waals surface area contributed by atoms with Crippen molar-refractivity contribution in [3.8, 4) is 0 Å². The summed E-state index contributed by atoms with van der Waals surface area (Å²) in [6.45, 7) is 8.64. The number of hydrogen-bond acceptors (Lipinski definition) is 6. The molecule has 29 heavy (non-hydrogen) atoms. The van der Waals surface area contributed by atoms with Crippen LogP contribution < -0.4 is 10.6 Å². The molecule has 0 bridgehead atoms. The zero-order valence-electron chi connectivity index (χ0n) is 17.5. The minimum absolute atomic E-state index is 0.0212. The minimum atomic E-state index is -3.67. The van der Waals surface area contributed by atoms with Crippen LogP contribution in [0.5, 0.6) is 0 Å². The summed E-state index contributed by atoms with van der Waals surface area (Å²) in [7, 11) is -3.67. The van der Waals surface area contributed by atoms with Crippen molar-refractivity contribution >= 4 is 22.0 Å². The number of nitrogens with one attached hydrogen (secondary N) is 2. The van der Waals surface area contributed by atoms with Gasteiger partial charge in [0.15, 0.2) is 5.76 Å². The molecule has 1 fully saturated rings. The number of rotatable bonds is 9. The van der Waals surface area contributed by atoms with Gasteiger partial charge in [0, 0.05) is 31.7 Å². The lowest BCUT2D eigenvalue weighted by Crippen LogP contribution is -2.44. The van der Waals surface area contributed by atoms with Crippen LogP contribution in [0.4, 0.5) is 4.79 Å². The topological polar surface area (TPSA) is 118 Å². The number of aryl methyl sites for hydroxylation is 1. The summed E-state index contributed by atoms with van der Waals surface area (Å²) in [5.74, 6) is -0.123. The van der Waals surface area contributed by atoms with Crippen molar-refractivity contribution in [2.45, 2.75) is 57.9 Å². The van der Waals surface area contributed by atoms with Crippen molar-refractivity contribution in [3.05, 3.63) is 17.6 Å². The first-order valence-corrected chi connectivity index (χ1v) is 11.4. The lowest BCUT2D eigenvalue weighted by molar-refractivity contribution is 0.0915. The molecule has 0 saturated carbocycles. The third kappa shape index (κ3) is 6.20. The molecule has 2 rings (SSSR count). The van der Waals surface area contributed by atoms with Crippen LogP contribution in [0.3, 0.4) is 0 Å². The fourth-order valence-electron chi connectivity index (χ4n) is 3.31. The number of ether oxygens (including phenoxy) is 1. The van der Waals surface area contributed by atoms with Crippen LogP contribution in [0.25, 0.3) is 0 Å². The van der Waals surface area contributed by atoms with E-state index in [-0.39, 0.29) is 35.6 Å². The average molecular weight is 430 g/mol. The summed E-state index contributed by atoms with van der Waals surface area (Å²) >= 11 is 0. The van der Waals surface area contributed by atoms with Crippen LogP contribution in [0.1, 0.15) is 56.3 Å². The predicted molar refractivity (Wildman–Crippen MR) is 107 cm³/mol. The largest absolute Gasteiger partial charge is 0.455 e. The van der Waals surface area contributed by atoms with E-state index in [2.05, 4.69) is 10.6 Å². The van der Waals surface area contributed by atoms with Gasteiger partial charge in [0.05, 0.1) is 6.61 Å². The Morgan fingerprint density at radius 1 is 1.28 bits per heavy atom. The maximum absolute atomic E-state index is 12.7. The van der Waals surface area contributed by atoms with Crippen LogP contribution in [-0.2, 0) is 14.8 Å². The second-order valence-electron chi connectivity index (χ2n) is 7.54. The molecule has 0 radical (unpaired) electrons. The molecule has 9 nitrogen and oxygen atoms in total. The molecule has 1 atom stereocenters. The van der Waals surface area contributed by atoms with E-state index in [0.717, 1.165) is 12.8 Å². The van der Waals surface area contributed by atoms with Gasteiger partial charge in [0.25, 0.3) is 5.91 Å². The van der Waals surface area contributed by atoms with Crippen molar-refractivity contribution in [1.82, 2.24) is 14.9 Å². The maximum atomic E-state index is 12.7. The molecule has 10 heteroatoms. The zero-order valence-corrected chi connectivity index (χ0v) is 18.3. The minimum Gasteiger partial charge on any atom is -0.455 e. The van der Waals surface area contributed by atoms with Gasteiger partial charge < -0.3 is 19.8 Å². The Balaban J connectivity index is 2.05. The highest BCUT2D eigenvalue weighted by Gasteiger charge is 2.31. The van der Waals surface area contributed by atoms with Gasteiger partial charge in [-0.2, -0.15) is 4.31 Å². The van der Waals surface area contributed by atoms with Crippen molar-refractivity contribution in [2.75, 3.05) is 26.2 Å². The molecule has 1 aromatic heterocycles. The highest BCUT2D eigenvalue weighted by atomic mass is 32.2. The third-order valence-corrected chi connectivity index (χ3v) is 6.65. The molecule has 1 aliphatic rings. The third-order valence-electron chi connectivity index (χ3n) is 4.64. The molecular weight excluding hydrogens is 398 g/mol. The van der Waals surface area contributed by atoms with Crippen molar-refractivity contribution in [1.29, 1.82) is 0 Å². The van der Waals surface area contributed by atoms with E-state index in [0.29, 0.717) is 25.4 Å². The number of alkyl carbamates (subject to hydrolysis) is 1. The van der Waals surface area contributed by atoms with Crippen LogP contribution >= 0.6 is 0 Å². The zero-order chi connectivity index (χ0) is 21.6. The molecule has 164 valence electrons. The molecule has 0 aromatic carbocycles. The highest BCUT2D eigenvalue weighted by Crippen LogP contribution is 2.26. The van der Waals surface area contributed by atoms with Gasteiger partial charge in [-0.05, 0) is 39.0 Å². The molecule has 1 saturated heterocycles. The Morgan fingerprint density at radius 3 is 2.52 bits per heavy atom. The molecule has 1 unspecified atom stereocenters. The fourth-order valence-corrected chi connectivity index (χ4v) is 4.98. The van der Waals surface area contributed by atoms with Gasteiger partial charge in [0.2, 0.25) is 10.0 Å². The fraction of sp³-hybridized carbons (Fsp3) is 0.684. The number of sulfonamides is 1. The van der Waals surface area contributed by atoms with Gasteiger partial charge in [-0.25, -0.2) is 13.2 Å². The van der Waals surface area contributed by atoms with E-state index in [1.165, 1.54) is 17.3 Å². The smallest absolute Gasteiger partial charge is 0.407 e. The molecule has 0 spiro atoms. The monoisotopic (exact) mass is 429 g/mol. The standard InChI is InChI=1S/C19H31N3O6S/c1-5-27-19(24)21-15(10-13(2)3)12-20-18(23)16-11-17(14(4)28-16)29(25,26)22-8-6-7-9-22/h11,13,15H,5-10,12H2,1-4H3,(H,20,23)(H,21,24). The Hall–Kier alpha value is -2.07. The van der Waals surface area contributed by atoms with E-state index in [9.17, 15) is 18.0 Å². The Labute approximate surface area is 172 Å². The lowest BCUT2D eigenvalue weighted by Gasteiger charge is -2.20. The number of hydrogen-bond donors (Lipinski definition) is 2. The number of carbonyl (C=O) groups excluding carboxylic acids is 2. The van der Waals surface area contributed by atoms with Crippen molar-refractivity contribution in [2.24, 2.45) is 5.92 Å². The maximum Gasteiger partial charge on any atom is 0.407 e. The van der Waals surface area contributed by atoms with Gasteiger partial charge in [-0.15, -0.1) is 0 Å². The number of amides is 2. The van der Waals surface area contributed by atoms with Crippen molar-refractivity contribution < 1.29 is 27.2 Å². The summed E-state index contributed by atoms with van der Waals surface area (Å²) in [4.78, 5) is 24.2. The van der Waals surface area contributed by atoms with E-state index in [1.54, 1.807) is 6.92 Å². The highest BCUT2D eigenvalue weighted by molar-refractivity contribution is 7.89. The van der Waals surface area contributed by atoms with Gasteiger partial charge >= 0.3 is 6.09 Å². The van der Waals surface area contributed by atoms with E-state index in [1.807, 2.05) is 13.8 Å². The first-order chi connectivity index (χ1) is 13.6. The SMILES string of the molecule is CCOC(=O)NC(CNC(=O)c1cc(S(=O)(=O)N2CCCC2)c(C)o1)CC(C)C. The number of furan rings is 1. The van der Waals surface area contributed by atoms with Gasteiger partial charge in [-0.1, -0.05) is 13.8 Å². The molecule has 0 aliphatic carbocycles. The van der Waals surface area contributed by atoms with Crippen LogP contribution in [0.15, 0.2) is 15.4 Å². The van der Waals surface area contributed by atoms with Crippen LogP contribution in [0, 0.1) is 12.8 Å². The normalized spacial score (nSPS) is 16.0. The van der Waals surface area contributed by atoms with Gasteiger partial charge in [0.1, 0.15) is 10.7 Å². The summed E-state index contributed by atoms with van der Waals surface area (Å²) in [5.41, 5.74) is 0. The van der Waals surface area contributed by atoms with Crippen LogP contribution in [-0.4, -0.2) is 57.0 Å². The molecule has 2 N–H and O–H groups in total. The second-order valence-corrected chi connectivity index (χ2v) is 9.45. The van der Waals surface area contributed by atoms with E-state index in [4.69, 9.17) is 9.15 Å². The van der Waals surface area contributed by atoms with Crippen LogP contribution in [0.2, 0.25) is 0 Å².